The van der Waals surface area contributed by atoms with E-state index in [1.54, 1.807) is 0 Å². The van der Waals surface area contributed by atoms with Crippen molar-refractivity contribution in [2.45, 2.75) is 0 Å². The minimum atomic E-state index is -1.12. The number of aromatic carboxylic acids is 1. The third-order valence-corrected chi connectivity index (χ3v) is 3.13. The zero-order valence-electron chi connectivity index (χ0n) is 10.6. The molecule has 0 aliphatic carbocycles. The lowest BCUT2D eigenvalue weighted by Crippen LogP contribution is -2.14. The van der Waals surface area contributed by atoms with E-state index in [2.05, 4.69) is 21.2 Å². The number of halogens is 2. The van der Waals surface area contributed by atoms with Crippen molar-refractivity contribution in [1.29, 1.82) is 0 Å². The van der Waals surface area contributed by atoms with Crippen molar-refractivity contribution >= 4 is 39.2 Å². The zero-order chi connectivity index (χ0) is 15.6. The van der Waals surface area contributed by atoms with Crippen LogP contribution in [0.15, 0.2) is 40.9 Å². The van der Waals surface area contributed by atoms with E-state index in [0.717, 1.165) is 6.07 Å². The molecule has 4 N–H and O–H groups in total. The number of benzene rings is 2. The van der Waals surface area contributed by atoms with Gasteiger partial charge >= 0.3 is 5.97 Å². The molecule has 0 aliphatic heterocycles. The quantitative estimate of drug-likeness (QED) is 0.740. The normalized spacial score (nSPS) is 10.2. The minimum Gasteiger partial charge on any atom is -0.478 e. The highest BCUT2D eigenvalue weighted by Gasteiger charge is 2.12. The number of carboxylic acid groups (broad SMARTS) is 1. The Morgan fingerprint density at radius 2 is 1.86 bits per heavy atom. The van der Waals surface area contributed by atoms with Crippen molar-refractivity contribution in [3.8, 4) is 0 Å². The molecule has 1 amide bonds. The van der Waals surface area contributed by atoms with Crippen LogP contribution >= 0.6 is 15.9 Å². The summed E-state index contributed by atoms with van der Waals surface area (Å²) in [5.74, 6) is -2.22. The molecule has 108 valence electrons. The molecule has 0 bridgehead atoms. The van der Waals surface area contributed by atoms with E-state index in [9.17, 15) is 14.0 Å². The largest absolute Gasteiger partial charge is 0.478 e. The van der Waals surface area contributed by atoms with E-state index < -0.39 is 17.7 Å². The number of nitrogen functional groups attached to an aromatic ring is 1. The van der Waals surface area contributed by atoms with E-state index >= 15 is 0 Å². The fourth-order valence-corrected chi connectivity index (χ4v) is 2.15. The summed E-state index contributed by atoms with van der Waals surface area (Å²) in [6, 6.07) is 7.70. The molecule has 0 aliphatic rings. The molecule has 21 heavy (non-hydrogen) atoms. The fourth-order valence-electron chi connectivity index (χ4n) is 1.69. The second-order valence-electron chi connectivity index (χ2n) is 4.22. The second kappa shape index (κ2) is 5.92. The molecule has 5 nitrogen and oxygen atoms in total. The van der Waals surface area contributed by atoms with Gasteiger partial charge in [-0.25, -0.2) is 9.18 Å². The molecule has 0 saturated carbocycles. The third-order valence-electron chi connectivity index (χ3n) is 2.67. The highest BCUT2D eigenvalue weighted by molar-refractivity contribution is 9.10. The number of nitrogens with one attached hydrogen (secondary N) is 1. The Morgan fingerprint density at radius 3 is 2.43 bits per heavy atom. The number of rotatable bonds is 3. The lowest BCUT2D eigenvalue weighted by Gasteiger charge is -2.09. The first-order valence-corrected chi connectivity index (χ1v) is 6.56. The van der Waals surface area contributed by atoms with Gasteiger partial charge in [-0.1, -0.05) is 15.9 Å². The maximum absolute atomic E-state index is 13.2. The molecular weight excluding hydrogens is 343 g/mol. The maximum atomic E-state index is 13.2. The monoisotopic (exact) mass is 352 g/mol. The van der Waals surface area contributed by atoms with Gasteiger partial charge in [-0.3, -0.25) is 4.79 Å². The van der Waals surface area contributed by atoms with Crippen LogP contribution in [-0.4, -0.2) is 17.0 Å². The first-order chi connectivity index (χ1) is 9.86. The Labute approximate surface area is 127 Å². The summed E-state index contributed by atoms with van der Waals surface area (Å²) in [6.45, 7) is 0. The van der Waals surface area contributed by atoms with Crippen molar-refractivity contribution in [1.82, 2.24) is 0 Å². The summed E-state index contributed by atoms with van der Waals surface area (Å²) in [5.41, 5.74) is 6.18. The predicted octanol–water partition coefficient (Wildman–Crippen LogP) is 3.12. The van der Waals surface area contributed by atoms with Gasteiger partial charge in [0, 0.05) is 10.0 Å². The summed E-state index contributed by atoms with van der Waals surface area (Å²) in [6.07, 6.45) is 0. The van der Waals surface area contributed by atoms with Crippen LogP contribution in [-0.2, 0) is 0 Å². The molecule has 2 rings (SSSR count). The summed E-state index contributed by atoms with van der Waals surface area (Å²) in [4.78, 5) is 22.8. The average Bonchev–Trinajstić information content (AvgIpc) is 2.39. The SMILES string of the molecule is Nc1cc(C(=O)O)ccc1NC(=O)c1cc(F)cc(Br)c1. The van der Waals surface area contributed by atoms with Gasteiger partial charge < -0.3 is 16.2 Å². The molecule has 0 fully saturated rings. The van der Waals surface area contributed by atoms with E-state index in [4.69, 9.17) is 10.8 Å². The number of carboxylic acids is 1. The van der Waals surface area contributed by atoms with Gasteiger partial charge in [0.05, 0.1) is 16.9 Å². The molecule has 0 unspecified atom stereocenters. The van der Waals surface area contributed by atoms with Crippen molar-refractivity contribution in [2.75, 3.05) is 11.1 Å². The van der Waals surface area contributed by atoms with Gasteiger partial charge in [-0.15, -0.1) is 0 Å². The van der Waals surface area contributed by atoms with E-state index in [1.165, 1.54) is 30.3 Å². The van der Waals surface area contributed by atoms with Crippen LogP contribution in [0.1, 0.15) is 20.7 Å². The number of hydrogen-bond acceptors (Lipinski definition) is 3. The Balaban J connectivity index is 2.25. The lowest BCUT2D eigenvalue weighted by atomic mass is 10.1. The van der Waals surface area contributed by atoms with Crippen LogP contribution in [0.5, 0.6) is 0 Å². The molecule has 0 atom stereocenters. The van der Waals surface area contributed by atoms with E-state index in [-0.39, 0.29) is 22.5 Å². The summed E-state index contributed by atoms with van der Waals surface area (Å²) in [7, 11) is 0. The number of anilines is 2. The number of amides is 1. The number of nitrogens with two attached hydrogens (primary N) is 1. The van der Waals surface area contributed by atoms with Crippen molar-refractivity contribution in [2.24, 2.45) is 0 Å². The van der Waals surface area contributed by atoms with Crippen LogP contribution in [0.3, 0.4) is 0 Å². The van der Waals surface area contributed by atoms with Crippen molar-refractivity contribution in [3.05, 3.63) is 57.8 Å². The van der Waals surface area contributed by atoms with Gasteiger partial charge in [0.1, 0.15) is 5.82 Å². The topological polar surface area (TPSA) is 92.4 Å². The average molecular weight is 353 g/mol. The molecule has 0 heterocycles. The summed E-state index contributed by atoms with van der Waals surface area (Å²) < 4.78 is 13.7. The summed E-state index contributed by atoms with van der Waals surface area (Å²) >= 11 is 3.10. The van der Waals surface area contributed by atoms with Crippen LogP contribution in [0.25, 0.3) is 0 Å². The number of hydrogen-bond donors (Lipinski definition) is 3. The molecule has 2 aromatic rings. The van der Waals surface area contributed by atoms with Gasteiger partial charge in [0.2, 0.25) is 0 Å². The Morgan fingerprint density at radius 1 is 1.14 bits per heavy atom. The van der Waals surface area contributed by atoms with Crippen LogP contribution in [0, 0.1) is 5.82 Å². The second-order valence-corrected chi connectivity index (χ2v) is 5.14. The minimum absolute atomic E-state index is 0.0130. The van der Waals surface area contributed by atoms with Crippen molar-refractivity contribution < 1.29 is 19.1 Å². The first kappa shape index (κ1) is 15.0. The molecular formula is C14H10BrFN2O3. The third kappa shape index (κ3) is 3.57. The van der Waals surface area contributed by atoms with Gasteiger partial charge in [0.15, 0.2) is 0 Å². The molecule has 0 spiro atoms. The lowest BCUT2D eigenvalue weighted by molar-refractivity contribution is 0.0697. The van der Waals surface area contributed by atoms with Crippen LogP contribution < -0.4 is 11.1 Å². The highest BCUT2D eigenvalue weighted by atomic mass is 79.9. The van der Waals surface area contributed by atoms with E-state index in [0.29, 0.717) is 4.47 Å². The predicted molar refractivity (Wildman–Crippen MR) is 79.9 cm³/mol. The van der Waals surface area contributed by atoms with Crippen molar-refractivity contribution in [3.63, 3.8) is 0 Å². The number of carbonyl (C=O) groups excluding carboxylic acids is 1. The Kier molecular flexibility index (Phi) is 4.23. The Bertz CT molecular complexity index is 714. The maximum Gasteiger partial charge on any atom is 0.335 e. The first-order valence-electron chi connectivity index (χ1n) is 5.77. The smallest absolute Gasteiger partial charge is 0.335 e. The molecule has 7 heteroatoms. The molecule has 2 aromatic carbocycles. The van der Waals surface area contributed by atoms with Crippen LogP contribution in [0.4, 0.5) is 15.8 Å². The standard InChI is InChI=1S/C14H10BrFN2O3/c15-9-3-8(4-10(16)6-9)13(19)18-12-2-1-7(14(20)21)5-11(12)17/h1-6H,17H2,(H,18,19)(H,20,21). The van der Waals surface area contributed by atoms with Gasteiger partial charge in [-0.05, 0) is 36.4 Å². The summed E-state index contributed by atoms with van der Waals surface area (Å²) in [5, 5.41) is 11.3. The molecule has 0 radical (unpaired) electrons. The van der Waals surface area contributed by atoms with Crippen LogP contribution in [0.2, 0.25) is 0 Å². The van der Waals surface area contributed by atoms with E-state index in [1.807, 2.05) is 0 Å². The number of carbonyl (C=O) groups is 2. The zero-order valence-corrected chi connectivity index (χ0v) is 12.1. The molecule has 0 saturated heterocycles. The van der Waals surface area contributed by atoms with Gasteiger partial charge in [-0.2, -0.15) is 0 Å². The Hall–Kier alpha value is -2.41. The fraction of sp³-hybridized carbons (Fsp3) is 0. The molecule has 0 aromatic heterocycles. The highest BCUT2D eigenvalue weighted by Crippen LogP contribution is 2.22. The van der Waals surface area contributed by atoms with Gasteiger partial charge in [0.25, 0.3) is 5.91 Å².